The van der Waals surface area contributed by atoms with E-state index in [1.807, 2.05) is 0 Å². The first-order valence-electron chi connectivity index (χ1n) is 3.47. The van der Waals surface area contributed by atoms with Crippen molar-refractivity contribution < 1.29 is 7.58 Å². The quantitative estimate of drug-likeness (QED) is 0.514. The van der Waals surface area contributed by atoms with Gasteiger partial charge in [0, 0.05) is 6.61 Å². The van der Waals surface area contributed by atoms with Crippen LogP contribution >= 0.6 is 0 Å². The van der Waals surface area contributed by atoms with Crippen molar-refractivity contribution in [1.29, 1.82) is 0 Å². The van der Waals surface area contributed by atoms with Gasteiger partial charge in [0.15, 0.2) is 0 Å². The molecule has 0 aromatic rings. The van der Waals surface area contributed by atoms with Crippen LogP contribution in [-0.2, 0) is 7.58 Å². The van der Waals surface area contributed by atoms with Crippen LogP contribution in [0.25, 0.3) is 0 Å². The molecular weight excluding hydrogens is 131 g/mol. The Morgan fingerprint density at radius 3 is 2.44 bits per heavy atom. The minimum Gasteiger partial charge on any atom is -0.476 e. The molecule has 0 N–H and O–H groups in total. The lowest BCUT2D eigenvalue weighted by Gasteiger charge is -2.13. The average molecular weight is 144 g/mol. The van der Waals surface area contributed by atoms with Crippen LogP contribution in [0.3, 0.4) is 0 Å². The van der Waals surface area contributed by atoms with Crippen molar-refractivity contribution in [2.75, 3.05) is 6.61 Å². The van der Waals surface area contributed by atoms with Gasteiger partial charge in [-0.1, -0.05) is 19.6 Å². The van der Waals surface area contributed by atoms with Crippen molar-refractivity contribution in [3.05, 3.63) is 0 Å². The summed E-state index contributed by atoms with van der Waals surface area (Å²) in [5, 5.41) is 0. The van der Waals surface area contributed by atoms with Crippen LogP contribution in [0.2, 0.25) is 5.79 Å². The van der Waals surface area contributed by atoms with E-state index in [1.165, 1.54) is 0 Å². The second kappa shape index (κ2) is 3.03. The maximum Gasteiger partial charge on any atom is 0.671 e. The van der Waals surface area contributed by atoms with Crippen LogP contribution in [0.5, 0.6) is 0 Å². The van der Waals surface area contributed by atoms with Gasteiger partial charge in [-0.3, -0.25) is 0 Å². The van der Waals surface area contributed by atoms with Crippen LogP contribution in [-0.4, -0.2) is 27.5 Å². The number of hydrogen-bond donors (Lipinski definition) is 0. The minimum absolute atomic E-state index is 0.381. The predicted octanol–water partition coefficient (Wildman–Crippen LogP) is 1.18. The van der Waals surface area contributed by atoms with Gasteiger partial charge < -0.3 is 7.58 Å². The smallest absolute Gasteiger partial charge is 0.476 e. The second-order valence-corrected chi connectivity index (χ2v) is 4.56. The van der Waals surface area contributed by atoms with Crippen molar-refractivity contribution in [3.63, 3.8) is 0 Å². The zero-order chi connectivity index (χ0) is 6.85. The Labute approximate surface area is 61.2 Å². The maximum atomic E-state index is 5.54. The highest BCUT2D eigenvalue weighted by molar-refractivity contribution is 6.43. The van der Waals surface area contributed by atoms with Gasteiger partial charge in [0.1, 0.15) is 0 Å². The van der Waals surface area contributed by atoms with Crippen molar-refractivity contribution in [2.45, 2.75) is 25.7 Å². The van der Waals surface area contributed by atoms with Crippen LogP contribution in [0.15, 0.2) is 0 Å². The third-order valence-electron chi connectivity index (χ3n) is 1.61. The summed E-state index contributed by atoms with van der Waals surface area (Å²) < 4.78 is 10.9. The van der Waals surface area contributed by atoms with Crippen LogP contribution < -0.4 is 0 Å². The Bertz CT molecular complexity index is 95.1. The lowest BCUT2D eigenvalue weighted by atomic mass is 10.1. The minimum atomic E-state index is -1.16. The maximum absolute atomic E-state index is 5.54. The van der Waals surface area contributed by atoms with E-state index in [2.05, 4.69) is 19.6 Å². The molecule has 0 amide bonds. The highest BCUT2D eigenvalue weighted by Crippen LogP contribution is 2.15. The summed E-state index contributed by atoms with van der Waals surface area (Å²) in [6.07, 6.45) is 0.381. The van der Waals surface area contributed by atoms with Gasteiger partial charge in [-0.2, -0.15) is 0 Å². The zero-order valence-electron chi connectivity index (χ0n) is 6.26. The average Bonchev–Trinajstić information content (AvgIpc) is 2.14. The van der Waals surface area contributed by atoms with Crippen molar-refractivity contribution in [2.24, 2.45) is 5.92 Å². The number of hydrogen-bond acceptors (Lipinski definition) is 2. The van der Waals surface area contributed by atoms with Gasteiger partial charge in [-0.05, 0) is 5.92 Å². The molecule has 52 valence electrons. The molecular formula is C6H13AlO2. The Kier molecular flexibility index (Phi) is 2.54. The molecule has 0 saturated carbocycles. The summed E-state index contributed by atoms with van der Waals surface area (Å²) >= 11 is -1.16. The summed E-state index contributed by atoms with van der Waals surface area (Å²) in [6, 6.07) is 0. The molecule has 1 aliphatic rings. The highest BCUT2D eigenvalue weighted by Gasteiger charge is 2.31. The SMILES string of the molecule is CC(C)C1C[O][Al]([CH3])[O]1. The topological polar surface area (TPSA) is 18.5 Å². The molecule has 1 heterocycles. The largest absolute Gasteiger partial charge is 0.671 e. The summed E-state index contributed by atoms with van der Waals surface area (Å²) in [5.74, 6) is 2.69. The van der Waals surface area contributed by atoms with E-state index in [0.717, 1.165) is 6.61 Å². The molecule has 1 aliphatic heterocycles. The van der Waals surface area contributed by atoms with E-state index < -0.39 is 14.8 Å². The van der Waals surface area contributed by atoms with Gasteiger partial charge in [-0.25, -0.2) is 0 Å². The molecule has 1 fully saturated rings. The fourth-order valence-corrected chi connectivity index (χ4v) is 2.33. The Hall–Kier alpha value is 0.452. The van der Waals surface area contributed by atoms with Crippen molar-refractivity contribution in [3.8, 4) is 0 Å². The predicted molar refractivity (Wildman–Crippen MR) is 37.3 cm³/mol. The lowest BCUT2D eigenvalue weighted by molar-refractivity contribution is 0.178. The first kappa shape index (κ1) is 7.56. The standard InChI is InChI=1S/C5H10O2.CH3.Al/c1-4(2)5(7)3-6;;/h4-5H,3H2,1-2H3;1H3;/q-2;;+2. The van der Waals surface area contributed by atoms with Gasteiger partial charge in [0.25, 0.3) is 0 Å². The molecule has 1 unspecified atom stereocenters. The summed E-state index contributed by atoms with van der Waals surface area (Å²) in [6.45, 7) is 5.16. The Morgan fingerprint density at radius 2 is 2.22 bits per heavy atom. The summed E-state index contributed by atoms with van der Waals surface area (Å²) in [7, 11) is 0. The molecule has 3 heteroatoms. The lowest BCUT2D eigenvalue weighted by Crippen LogP contribution is -2.18. The third kappa shape index (κ3) is 1.94. The first-order valence-corrected chi connectivity index (χ1v) is 5.57. The monoisotopic (exact) mass is 144 g/mol. The van der Waals surface area contributed by atoms with Gasteiger partial charge >= 0.3 is 14.8 Å². The van der Waals surface area contributed by atoms with Gasteiger partial charge in [0.05, 0.1) is 6.10 Å². The first-order chi connectivity index (χ1) is 4.20. The number of rotatable bonds is 1. The molecule has 0 radical (unpaired) electrons. The molecule has 1 saturated heterocycles. The Morgan fingerprint density at radius 1 is 1.56 bits per heavy atom. The molecule has 0 aliphatic carbocycles. The molecule has 0 aromatic heterocycles. The van der Waals surface area contributed by atoms with Crippen LogP contribution in [0, 0.1) is 5.92 Å². The van der Waals surface area contributed by atoms with Crippen molar-refractivity contribution >= 4 is 14.8 Å². The van der Waals surface area contributed by atoms with E-state index in [0.29, 0.717) is 12.0 Å². The van der Waals surface area contributed by atoms with E-state index in [-0.39, 0.29) is 0 Å². The molecule has 0 aromatic carbocycles. The van der Waals surface area contributed by atoms with Crippen molar-refractivity contribution in [1.82, 2.24) is 0 Å². The molecule has 9 heavy (non-hydrogen) atoms. The van der Waals surface area contributed by atoms with Gasteiger partial charge in [0.2, 0.25) is 0 Å². The zero-order valence-corrected chi connectivity index (χ0v) is 7.41. The van der Waals surface area contributed by atoms with E-state index >= 15 is 0 Å². The highest BCUT2D eigenvalue weighted by atomic mass is 27.2. The summed E-state index contributed by atoms with van der Waals surface area (Å²) in [4.78, 5) is 0. The molecule has 1 rings (SSSR count). The van der Waals surface area contributed by atoms with Crippen LogP contribution in [0.1, 0.15) is 13.8 Å². The molecule has 1 atom stereocenters. The fraction of sp³-hybridized carbons (Fsp3) is 1.00. The van der Waals surface area contributed by atoms with E-state index in [4.69, 9.17) is 7.58 Å². The van der Waals surface area contributed by atoms with E-state index in [9.17, 15) is 0 Å². The fourth-order valence-electron chi connectivity index (χ4n) is 0.905. The van der Waals surface area contributed by atoms with Crippen LogP contribution in [0.4, 0.5) is 0 Å². The normalized spacial score (nSPS) is 28.0. The third-order valence-corrected chi connectivity index (χ3v) is 3.00. The Balaban J connectivity index is 2.30. The molecule has 2 nitrogen and oxygen atoms in total. The molecule has 0 bridgehead atoms. The summed E-state index contributed by atoms with van der Waals surface area (Å²) in [5.41, 5.74) is 0. The second-order valence-electron chi connectivity index (χ2n) is 2.82. The van der Waals surface area contributed by atoms with Gasteiger partial charge in [-0.15, -0.1) is 0 Å². The molecule has 0 spiro atoms. The van der Waals surface area contributed by atoms with E-state index in [1.54, 1.807) is 0 Å².